The average molecular weight is 251 g/mol. The van der Waals surface area contributed by atoms with Crippen molar-refractivity contribution in [3.05, 3.63) is 64.7 Å². The smallest absolute Gasteiger partial charge is 0.0405 e. The number of rotatable bonds is 2. The summed E-state index contributed by atoms with van der Waals surface area (Å²) in [4.78, 5) is 0. The third-order valence-corrected chi connectivity index (χ3v) is 4.18. The van der Waals surface area contributed by atoms with Gasteiger partial charge in [-0.15, -0.1) is 0 Å². The average Bonchev–Trinajstić information content (AvgIpc) is 2.44. The molecule has 0 saturated carbocycles. The number of fused-ring (bicyclic) bond motifs is 1. The van der Waals surface area contributed by atoms with E-state index in [4.69, 9.17) is 0 Å². The Kier molecular flexibility index (Phi) is 3.29. The van der Waals surface area contributed by atoms with E-state index in [0.717, 1.165) is 6.54 Å². The fourth-order valence-corrected chi connectivity index (χ4v) is 3.08. The molecule has 0 aromatic heterocycles. The second-order valence-corrected chi connectivity index (χ2v) is 5.69. The van der Waals surface area contributed by atoms with Gasteiger partial charge >= 0.3 is 0 Å². The van der Waals surface area contributed by atoms with Gasteiger partial charge in [-0.05, 0) is 54.9 Å². The van der Waals surface area contributed by atoms with Gasteiger partial charge in [0.15, 0.2) is 0 Å². The van der Waals surface area contributed by atoms with E-state index in [1.807, 2.05) is 0 Å². The minimum absolute atomic E-state index is 0.704. The Morgan fingerprint density at radius 2 is 1.74 bits per heavy atom. The Morgan fingerprint density at radius 3 is 2.53 bits per heavy atom. The summed E-state index contributed by atoms with van der Waals surface area (Å²) in [6.07, 6.45) is 2.37. The van der Waals surface area contributed by atoms with Crippen molar-refractivity contribution in [2.75, 3.05) is 11.9 Å². The molecule has 1 nitrogen and oxygen atoms in total. The summed E-state index contributed by atoms with van der Waals surface area (Å²) in [5.74, 6) is 0.704. The van der Waals surface area contributed by atoms with Crippen LogP contribution in [0.3, 0.4) is 0 Å². The molecule has 1 aliphatic rings. The van der Waals surface area contributed by atoms with E-state index in [-0.39, 0.29) is 0 Å². The molecule has 0 fully saturated rings. The van der Waals surface area contributed by atoms with Crippen molar-refractivity contribution in [3.8, 4) is 0 Å². The number of aryl methyl sites for hydroxylation is 2. The first-order valence-electron chi connectivity index (χ1n) is 7.11. The largest absolute Gasteiger partial charge is 0.384 e. The maximum atomic E-state index is 3.64. The molecule has 1 heteroatoms. The number of hydrogen-bond donors (Lipinski definition) is 1. The number of benzene rings is 2. The summed E-state index contributed by atoms with van der Waals surface area (Å²) < 4.78 is 0. The third-order valence-electron chi connectivity index (χ3n) is 4.18. The van der Waals surface area contributed by atoms with E-state index in [0.29, 0.717) is 5.92 Å². The highest BCUT2D eigenvalue weighted by Crippen LogP contribution is 2.31. The highest BCUT2D eigenvalue weighted by molar-refractivity contribution is 5.61. The summed E-state index contributed by atoms with van der Waals surface area (Å²) in [6.45, 7) is 5.51. The van der Waals surface area contributed by atoms with Crippen LogP contribution in [0.5, 0.6) is 0 Å². The van der Waals surface area contributed by atoms with Crippen LogP contribution in [-0.4, -0.2) is 6.54 Å². The van der Waals surface area contributed by atoms with Crippen LogP contribution in [0.25, 0.3) is 0 Å². The number of hydrogen-bond acceptors (Lipinski definition) is 1. The van der Waals surface area contributed by atoms with Gasteiger partial charge in [0.25, 0.3) is 0 Å². The van der Waals surface area contributed by atoms with Gasteiger partial charge in [-0.1, -0.05) is 42.5 Å². The molecule has 0 radical (unpaired) electrons. The van der Waals surface area contributed by atoms with Crippen molar-refractivity contribution in [1.29, 1.82) is 0 Å². The molecule has 1 N–H and O–H groups in total. The van der Waals surface area contributed by atoms with Crippen LogP contribution in [-0.2, 0) is 12.8 Å². The molecule has 0 spiro atoms. The molecule has 1 aliphatic heterocycles. The fourth-order valence-electron chi connectivity index (χ4n) is 3.08. The van der Waals surface area contributed by atoms with E-state index < -0.39 is 0 Å². The Morgan fingerprint density at radius 1 is 1.00 bits per heavy atom. The van der Waals surface area contributed by atoms with Crippen molar-refractivity contribution in [1.82, 2.24) is 0 Å². The van der Waals surface area contributed by atoms with Crippen molar-refractivity contribution in [2.24, 2.45) is 5.92 Å². The topological polar surface area (TPSA) is 12.0 Å². The first-order chi connectivity index (χ1) is 9.24. The first kappa shape index (κ1) is 12.3. The highest BCUT2D eigenvalue weighted by Gasteiger charge is 2.21. The van der Waals surface area contributed by atoms with Crippen LogP contribution in [0.4, 0.5) is 5.69 Å². The quantitative estimate of drug-likeness (QED) is 0.846. The van der Waals surface area contributed by atoms with Gasteiger partial charge in [-0.2, -0.15) is 0 Å². The van der Waals surface area contributed by atoms with Gasteiger partial charge in [0.2, 0.25) is 0 Å². The second-order valence-electron chi connectivity index (χ2n) is 5.69. The lowest BCUT2D eigenvalue weighted by molar-refractivity contribution is 0.533. The molecule has 0 amide bonds. The number of anilines is 1. The predicted octanol–water partition coefficient (Wildman–Crippen LogP) is 4.13. The molecular weight excluding hydrogens is 230 g/mol. The van der Waals surface area contributed by atoms with E-state index in [1.165, 1.54) is 40.8 Å². The lowest BCUT2D eigenvalue weighted by atomic mass is 9.86. The van der Waals surface area contributed by atoms with Crippen LogP contribution in [0.1, 0.15) is 22.3 Å². The van der Waals surface area contributed by atoms with Gasteiger partial charge in [0.1, 0.15) is 0 Å². The Hall–Kier alpha value is -1.76. The molecule has 1 atom stereocenters. The molecule has 0 saturated heterocycles. The van der Waals surface area contributed by atoms with Crippen LogP contribution >= 0.6 is 0 Å². The molecule has 98 valence electrons. The summed E-state index contributed by atoms with van der Waals surface area (Å²) in [5, 5.41) is 3.64. The molecule has 1 unspecified atom stereocenters. The SMILES string of the molecule is Cc1ccc(C)c2c1CC(Cc1ccccc1)CN2. The maximum Gasteiger partial charge on any atom is 0.0405 e. The summed E-state index contributed by atoms with van der Waals surface area (Å²) in [7, 11) is 0. The van der Waals surface area contributed by atoms with Gasteiger partial charge < -0.3 is 5.32 Å². The summed E-state index contributed by atoms with van der Waals surface area (Å²) in [5.41, 5.74) is 7.14. The van der Waals surface area contributed by atoms with E-state index in [1.54, 1.807) is 0 Å². The van der Waals surface area contributed by atoms with Crippen LogP contribution < -0.4 is 5.32 Å². The Balaban J connectivity index is 1.81. The standard InChI is InChI=1S/C18H21N/c1-13-8-9-14(2)18-17(13)11-16(12-19-18)10-15-6-4-3-5-7-15/h3-9,16,19H,10-12H2,1-2H3. The summed E-state index contributed by atoms with van der Waals surface area (Å²) >= 11 is 0. The zero-order valence-corrected chi connectivity index (χ0v) is 11.7. The van der Waals surface area contributed by atoms with Crippen molar-refractivity contribution in [3.63, 3.8) is 0 Å². The zero-order valence-electron chi connectivity index (χ0n) is 11.7. The van der Waals surface area contributed by atoms with Crippen LogP contribution in [0.2, 0.25) is 0 Å². The van der Waals surface area contributed by atoms with Crippen LogP contribution in [0.15, 0.2) is 42.5 Å². The third kappa shape index (κ3) is 2.51. The molecule has 0 bridgehead atoms. The lowest BCUT2D eigenvalue weighted by Crippen LogP contribution is -2.26. The van der Waals surface area contributed by atoms with Gasteiger partial charge in [-0.25, -0.2) is 0 Å². The van der Waals surface area contributed by atoms with Crippen molar-refractivity contribution >= 4 is 5.69 Å². The molecular formula is C18H21N. The number of nitrogens with one attached hydrogen (secondary N) is 1. The molecule has 0 aliphatic carbocycles. The van der Waals surface area contributed by atoms with E-state index in [9.17, 15) is 0 Å². The van der Waals surface area contributed by atoms with Gasteiger partial charge in [-0.3, -0.25) is 0 Å². The normalized spacial score (nSPS) is 17.7. The van der Waals surface area contributed by atoms with E-state index >= 15 is 0 Å². The summed E-state index contributed by atoms with van der Waals surface area (Å²) in [6, 6.07) is 15.3. The van der Waals surface area contributed by atoms with Gasteiger partial charge in [0, 0.05) is 12.2 Å². The van der Waals surface area contributed by atoms with Crippen molar-refractivity contribution in [2.45, 2.75) is 26.7 Å². The predicted molar refractivity (Wildman–Crippen MR) is 81.7 cm³/mol. The van der Waals surface area contributed by atoms with Crippen LogP contribution in [0, 0.1) is 19.8 Å². The zero-order chi connectivity index (χ0) is 13.2. The maximum absolute atomic E-state index is 3.64. The molecule has 3 rings (SSSR count). The molecule has 19 heavy (non-hydrogen) atoms. The minimum atomic E-state index is 0.704. The first-order valence-corrected chi connectivity index (χ1v) is 7.11. The Labute approximate surface area is 115 Å². The second kappa shape index (κ2) is 5.08. The lowest BCUT2D eigenvalue weighted by Gasteiger charge is -2.29. The monoisotopic (exact) mass is 251 g/mol. The molecule has 2 aromatic rings. The van der Waals surface area contributed by atoms with Gasteiger partial charge in [0.05, 0.1) is 0 Å². The highest BCUT2D eigenvalue weighted by atomic mass is 14.9. The molecule has 2 aromatic carbocycles. The van der Waals surface area contributed by atoms with E-state index in [2.05, 4.69) is 61.6 Å². The minimum Gasteiger partial charge on any atom is -0.384 e. The molecule has 1 heterocycles. The Bertz CT molecular complexity index is 572. The van der Waals surface area contributed by atoms with Crippen molar-refractivity contribution < 1.29 is 0 Å². The fraction of sp³-hybridized carbons (Fsp3) is 0.333.